The van der Waals surface area contributed by atoms with Crippen LogP contribution in [-0.2, 0) is 30.7 Å². The Morgan fingerprint density at radius 2 is 2.10 bits per heavy atom. The van der Waals surface area contributed by atoms with Gasteiger partial charge in [-0.25, -0.2) is 14.4 Å². The lowest BCUT2D eigenvalue weighted by Gasteiger charge is -2.13. The van der Waals surface area contributed by atoms with Gasteiger partial charge in [0.1, 0.15) is 35.1 Å². The quantitative estimate of drug-likeness (QED) is 0.162. The maximum Gasteiger partial charge on any atom is 0.142 e. The van der Waals surface area contributed by atoms with Crippen molar-refractivity contribution in [2.75, 3.05) is 32.1 Å². The van der Waals surface area contributed by atoms with Crippen LogP contribution in [0.2, 0.25) is 5.02 Å². The standard InChI is InChI=1S/C30H30ClFN6O3S/c1-40-10-9-33-13-21(39)14-38-15-23-25(37-38)7-6-22-27-29(34-17-35-30(27)42-28(22)23)36-20-5-8-26(24(31)12-20)41-16-18-3-2-4-19(32)11-18/h2-5,8,11-12,15,17,21,33,39H,6-7,9-10,13-14,16H2,1H3,(H,34,35,36)/t21-/m1/s1. The number of anilines is 2. The van der Waals surface area contributed by atoms with Gasteiger partial charge < -0.3 is 25.2 Å². The summed E-state index contributed by atoms with van der Waals surface area (Å²) in [7, 11) is 1.65. The molecule has 3 aromatic heterocycles. The molecule has 6 rings (SSSR count). The zero-order chi connectivity index (χ0) is 29.1. The van der Waals surface area contributed by atoms with E-state index in [-0.39, 0.29) is 12.4 Å². The lowest BCUT2D eigenvalue weighted by molar-refractivity contribution is 0.140. The summed E-state index contributed by atoms with van der Waals surface area (Å²) >= 11 is 8.16. The molecule has 0 aliphatic heterocycles. The summed E-state index contributed by atoms with van der Waals surface area (Å²) in [6.45, 7) is 2.37. The molecule has 42 heavy (non-hydrogen) atoms. The van der Waals surface area contributed by atoms with E-state index in [9.17, 15) is 9.50 Å². The van der Waals surface area contributed by atoms with Crippen molar-refractivity contribution < 1.29 is 19.0 Å². The molecule has 0 spiro atoms. The van der Waals surface area contributed by atoms with Gasteiger partial charge in [-0.1, -0.05) is 23.7 Å². The Bertz CT molecular complexity index is 1710. The summed E-state index contributed by atoms with van der Waals surface area (Å²) in [6.07, 6.45) is 4.62. The first-order chi connectivity index (χ1) is 20.5. The van der Waals surface area contributed by atoms with Crippen molar-refractivity contribution in [1.29, 1.82) is 0 Å². The van der Waals surface area contributed by atoms with Crippen LogP contribution >= 0.6 is 22.9 Å². The Hall–Kier alpha value is -3.61. The highest BCUT2D eigenvalue weighted by Gasteiger charge is 2.27. The molecule has 3 N–H and O–H groups in total. The molecule has 1 aliphatic carbocycles. The number of aliphatic hydroxyl groups excluding tert-OH is 1. The number of hydrogen-bond acceptors (Lipinski definition) is 9. The molecule has 3 heterocycles. The Morgan fingerprint density at radius 1 is 1.19 bits per heavy atom. The van der Waals surface area contributed by atoms with Gasteiger partial charge in [0.25, 0.3) is 0 Å². The minimum atomic E-state index is -0.559. The van der Waals surface area contributed by atoms with Gasteiger partial charge >= 0.3 is 0 Å². The molecule has 12 heteroatoms. The molecule has 0 amide bonds. The van der Waals surface area contributed by atoms with Crippen LogP contribution in [0.5, 0.6) is 5.75 Å². The van der Waals surface area contributed by atoms with Crippen molar-refractivity contribution in [1.82, 2.24) is 25.1 Å². The number of methoxy groups -OCH3 is 1. The van der Waals surface area contributed by atoms with Crippen molar-refractivity contribution in [3.63, 3.8) is 0 Å². The number of fused-ring (bicyclic) bond motifs is 5. The van der Waals surface area contributed by atoms with Crippen LogP contribution in [-0.4, -0.2) is 57.8 Å². The van der Waals surface area contributed by atoms with E-state index in [2.05, 4.69) is 20.6 Å². The van der Waals surface area contributed by atoms with E-state index in [1.54, 1.807) is 49.0 Å². The second-order valence-electron chi connectivity index (χ2n) is 10.1. The first kappa shape index (κ1) is 28.5. The number of aromatic nitrogens is 4. The van der Waals surface area contributed by atoms with Crippen molar-refractivity contribution >= 4 is 44.7 Å². The first-order valence-corrected chi connectivity index (χ1v) is 14.8. The Balaban J connectivity index is 1.19. The fraction of sp³-hybridized carbons (Fsp3) is 0.300. The lowest BCUT2D eigenvalue weighted by atomic mass is 9.95. The van der Waals surface area contributed by atoms with Gasteiger partial charge in [0, 0.05) is 42.5 Å². The van der Waals surface area contributed by atoms with E-state index >= 15 is 0 Å². The van der Waals surface area contributed by atoms with E-state index in [0.717, 1.165) is 50.4 Å². The molecule has 218 valence electrons. The average molecular weight is 609 g/mol. The molecule has 2 aromatic carbocycles. The summed E-state index contributed by atoms with van der Waals surface area (Å²) in [4.78, 5) is 11.2. The van der Waals surface area contributed by atoms with Gasteiger partial charge in [-0.2, -0.15) is 5.10 Å². The van der Waals surface area contributed by atoms with Crippen LogP contribution in [0.25, 0.3) is 20.7 Å². The summed E-state index contributed by atoms with van der Waals surface area (Å²) in [5.74, 6) is 0.905. The second-order valence-corrected chi connectivity index (χ2v) is 11.5. The van der Waals surface area contributed by atoms with Gasteiger partial charge in [0.15, 0.2) is 0 Å². The highest BCUT2D eigenvalue weighted by molar-refractivity contribution is 7.22. The summed E-state index contributed by atoms with van der Waals surface area (Å²) in [5.41, 5.74) is 4.77. The predicted octanol–water partition coefficient (Wildman–Crippen LogP) is 5.37. The molecule has 0 radical (unpaired) electrons. The van der Waals surface area contributed by atoms with Crippen molar-refractivity contribution in [2.45, 2.75) is 32.1 Å². The van der Waals surface area contributed by atoms with Gasteiger partial charge in [-0.05, 0) is 54.3 Å². The van der Waals surface area contributed by atoms with E-state index in [0.29, 0.717) is 42.8 Å². The second kappa shape index (κ2) is 12.7. The maximum atomic E-state index is 13.5. The van der Waals surface area contributed by atoms with Gasteiger partial charge in [0.2, 0.25) is 0 Å². The molecule has 0 saturated heterocycles. The van der Waals surface area contributed by atoms with Crippen LogP contribution < -0.4 is 15.4 Å². The summed E-state index contributed by atoms with van der Waals surface area (Å²) in [5, 5.41) is 23.2. The molecular weight excluding hydrogens is 579 g/mol. The predicted molar refractivity (Wildman–Crippen MR) is 162 cm³/mol. The van der Waals surface area contributed by atoms with Crippen LogP contribution in [0, 0.1) is 5.82 Å². The molecule has 0 bridgehead atoms. The SMILES string of the molecule is COCCNC[C@@H](O)Cn1cc2c(n1)CCc1c-2sc2ncnc(Nc3ccc(OCc4cccc(F)c4)c(Cl)c3)c12. The maximum absolute atomic E-state index is 13.5. The fourth-order valence-corrected chi connectivity index (χ4v) is 6.52. The van der Waals surface area contributed by atoms with Crippen LogP contribution in [0.3, 0.4) is 0 Å². The highest BCUT2D eigenvalue weighted by Crippen LogP contribution is 2.45. The number of hydrogen-bond donors (Lipinski definition) is 3. The minimum Gasteiger partial charge on any atom is -0.487 e. The van der Waals surface area contributed by atoms with E-state index < -0.39 is 6.10 Å². The number of halogens is 2. The smallest absolute Gasteiger partial charge is 0.142 e. The van der Waals surface area contributed by atoms with E-state index in [4.69, 9.17) is 26.2 Å². The van der Waals surface area contributed by atoms with Crippen molar-refractivity contribution in [3.05, 3.63) is 82.6 Å². The van der Waals surface area contributed by atoms with E-state index in [1.807, 2.05) is 16.9 Å². The van der Waals surface area contributed by atoms with Gasteiger partial charge in [-0.15, -0.1) is 11.3 Å². The topological polar surface area (TPSA) is 106 Å². The third kappa shape index (κ3) is 6.25. The normalized spacial score (nSPS) is 13.1. The van der Waals surface area contributed by atoms with Crippen molar-refractivity contribution in [3.8, 4) is 16.2 Å². The molecule has 1 aliphatic rings. The average Bonchev–Trinajstić information content (AvgIpc) is 3.56. The zero-order valence-corrected chi connectivity index (χ0v) is 24.5. The Morgan fingerprint density at radius 3 is 2.93 bits per heavy atom. The largest absolute Gasteiger partial charge is 0.487 e. The summed E-state index contributed by atoms with van der Waals surface area (Å²) < 4.78 is 26.2. The van der Waals surface area contributed by atoms with Gasteiger partial charge in [-0.3, -0.25) is 4.68 Å². The lowest BCUT2D eigenvalue weighted by Crippen LogP contribution is -2.32. The molecule has 5 aromatic rings. The molecule has 0 fully saturated rings. The third-order valence-corrected chi connectivity index (χ3v) is 8.49. The number of nitrogens with zero attached hydrogens (tertiary/aromatic N) is 4. The number of nitrogens with one attached hydrogen (secondary N) is 2. The minimum absolute atomic E-state index is 0.209. The van der Waals surface area contributed by atoms with Crippen LogP contribution in [0.1, 0.15) is 16.8 Å². The fourth-order valence-electron chi connectivity index (χ4n) is 5.06. The third-order valence-electron chi connectivity index (χ3n) is 7.02. The number of aryl methyl sites for hydroxylation is 2. The van der Waals surface area contributed by atoms with Crippen LogP contribution in [0.15, 0.2) is 55.0 Å². The van der Waals surface area contributed by atoms with Gasteiger partial charge in [0.05, 0.1) is 35.4 Å². The summed E-state index contributed by atoms with van der Waals surface area (Å²) in [6, 6.07) is 11.7. The molecule has 9 nitrogen and oxygen atoms in total. The molecule has 1 atom stereocenters. The number of thiophene rings is 1. The number of ether oxygens (including phenoxy) is 2. The zero-order valence-electron chi connectivity index (χ0n) is 22.9. The number of aliphatic hydroxyl groups is 1. The monoisotopic (exact) mass is 608 g/mol. The molecular formula is C30H30ClFN6O3S. The molecule has 0 unspecified atom stereocenters. The Labute approximate surface area is 251 Å². The first-order valence-electron chi connectivity index (χ1n) is 13.6. The van der Waals surface area contributed by atoms with Crippen molar-refractivity contribution in [2.24, 2.45) is 0 Å². The highest BCUT2D eigenvalue weighted by atomic mass is 35.5. The number of rotatable bonds is 12. The van der Waals surface area contributed by atoms with Crippen LogP contribution in [0.4, 0.5) is 15.9 Å². The Kier molecular flexibility index (Phi) is 8.63. The molecule has 0 saturated carbocycles. The number of benzene rings is 2. The van der Waals surface area contributed by atoms with E-state index in [1.165, 1.54) is 17.7 Å².